The van der Waals surface area contributed by atoms with Gasteiger partial charge in [-0.3, -0.25) is 19.3 Å². The lowest BCUT2D eigenvalue weighted by Gasteiger charge is -2.22. The highest BCUT2D eigenvalue weighted by Gasteiger charge is 2.36. The number of ether oxygens (including phenoxy) is 1. The number of nitrogens with zero attached hydrogens (tertiary/aromatic N) is 2. The monoisotopic (exact) mass is 543 g/mol. The molecule has 1 N–H and O–H groups in total. The van der Waals surface area contributed by atoms with E-state index in [1.807, 2.05) is 74.5 Å². The van der Waals surface area contributed by atoms with E-state index in [2.05, 4.69) is 24.1 Å². The summed E-state index contributed by atoms with van der Waals surface area (Å²) in [6, 6.07) is 21.3. The van der Waals surface area contributed by atoms with Crippen molar-refractivity contribution in [2.24, 2.45) is 0 Å². The van der Waals surface area contributed by atoms with Gasteiger partial charge in [-0.05, 0) is 80.4 Å². The van der Waals surface area contributed by atoms with Crippen LogP contribution in [0.2, 0.25) is 0 Å². The van der Waals surface area contributed by atoms with Crippen LogP contribution in [0.4, 0.5) is 16.2 Å². The van der Waals surface area contributed by atoms with Crippen LogP contribution in [0.15, 0.2) is 71.6 Å². The van der Waals surface area contributed by atoms with Crippen molar-refractivity contribution < 1.29 is 19.1 Å². The van der Waals surface area contributed by atoms with Gasteiger partial charge in [0.05, 0.1) is 4.91 Å². The van der Waals surface area contributed by atoms with Gasteiger partial charge >= 0.3 is 0 Å². The van der Waals surface area contributed by atoms with Crippen LogP contribution >= 0.6 is 11.8 Å². The van der Waals surface area contributed by atoms with Crippen LogP contribution in [0.3, 0.4) is 0 Å². The van der Waals surface area contributed by atoms with Gasteiger partial charge in [-0.1, -0.05) is 42.5 Å². The Bertz CT molecular complexity index is 1400. The normalized spacial score (nSPS) is 14.2. The molecule has 3 amide bonds. The maximum Gasteiger partial charge on any atom is 0.294 e. The molecule has 1 aliphatic heterocycles. The Labute approximate surface area is 233 Å². The number of amides is 3. The highest BCUT2D eigenvalue weighted by Crippen LogP contribution is 2.35. The number of nitrogens with one attached hydrogen (secondary N) is 1. The first-order valence-corrected chi connectivity index (χ1v) is 13.8. The maximum atomic E-state index is 13.2. The zero-order chi connectivity index (χ0) is 27.9. The van der Waals surface area contributed by atoms with Crippen LogP contribution in [0, 0.1) is 13.8 Å². The second-order valence-corrected chi connectivity index (χ2v) is 10.2. The summed E-state index contributed by atoms with van der Waals surface area (Å²) in [4.78, 5) is 42.0. The van der Waals surface area contributed by atoms with Crippen LogP contribution in [0.5, 0.6) is 5.75 Å². The Morgan fingerprint density at radius 3 is 2.46 bits per heavy atom. The van der Waals surface area contributed by atoms with Crippen molar-refractivity contribution in [1.29, 1.82) is 0 Å². The van der Waals surface area contributed by atoms with Crippen molar-refractivity contribution >= 4 is 46.3 Å². The molecule has 0 unspecified atom stereocenters. The fourth-order valence-corrected chi connectivity index (χ4v) is 5.11. The number of carbonyl (C=O) groups is 3. The van der Waals surface area contributed by atoms with E-state index in [4.69, 9.17) is 4.74 Å². The molecule has 0 bridgehead atoms. The van der Waals surface area contributed by atoms with Crippen molar-refractivity contribution in [3.05, 3.63) is 93.9 Å². The van der Waals surface area contributed by atoms with Gasteiger partial charge in [0.1, 0.15) is 18.9 Å². The highest BCUT2D eigenvalue weighted by molar-refractivity contribution is 8.18. The Kier molecular flexibility index (Phi) is 9.09. The topological polar surface area (TPSA) is 79.0 Å². The Hall–Kier alpha value is -4.04. The maximum absolute atomic E-state index is 13.2. The number of benzene rings is 3. The summed E-state index contributed by atoms with van der Waals surface area (Å²) in [6.07, 6.45) is 1.67. The standard InChI is InChI=1S/C31H33N3O4S/c1-5-33(6-2)25-16-15-24(27(18-25)38-20-23-12-8-7-9-13-23)17-28-30(36)34(31(37)39-28)19-29(35)32-26-14-10-11-21(3)22(26)4/h7-18H,5-6,19-20H2,1-4H3,(H,32,35)/b28-17+. The lowest BCUT2D eigenvalue weighted by atomic mass is 10.1. The van der Waals surface area contributed by atoms with E-state index in [9.17, 15) is 14.4 Å². The second kappa shape index (κ2) is 12.7. The Balaban J connectivity index is 1.54. The predicted molar refractivity (Wildman–Crippen MR) is 158 cm³/mol. The minimum Gasteiger partial charge on any atom is -0.488 e. The minimum atomic E-state index is -0.497. The number of imide groups is 1. The van der Waals surface area contributed by atoms with Gasteiger partial charge in [0.15, 0.2) is 0 Å². The van der Waals surface area contributed by atoms with Gasteiger partial charge < -0.3 is 15.0 Å². The van der Waals surface area contributed by atoms with E-state index >= 15 is 0 Å². The van der Waals surface area contributed by atoms with Crippen LogP contribution in [-0.4, -0.2) is 41.6 Å². The molecule has 8 heteroatoms. The van der Waals surface area contributed by atoms with E-state index < -0.39 is 17.1 Å². The molecule has 1 aliphatic rings. The number of anilines is 2. The zero-order valence-electron chi connectivity index (χ0n) is 22.7. The van der Waals surface area contributed by atoms with Crippen molar-refractivity contribution in [3.8, 4) is 5.75 Å². The molecule has 7 nitrogen and oxygen atoms in total. The van der Waals surface area contributed by atoms with Gasteiger partial charge in [-0.2, -0.15) is 0 Å². The van der Waals surface area contributed by atoms with Gasteiger partial charge in [0, 0.05) is 36.1 Å². The number of hydrogen-bond acceptors (Lipinski definition) is 6. The number of aryl methyl sites for hydroxylation is 1. The van der Waals surface area contributed by atoms with Crippen LogP contribution in [0.1, 0.15) is 36.1 Å². The van der Waals surface area contributed by atoms with Gasteiger partial charge in [0.2, 0.25) is 5.91 Å². The molecule has 39 heavy (non-hydrogen) atoms. The summed E-state index contributed by atoms with van der Waals surface area (Å²) in [5.41, 5.74) is 5.36. The van der Waals surface area contributed by atoms with E-state index in [1.165, 1.54) is 0 Å². The molecule has 202 valence electrons. The molecular weight excluding hydrogens is 510 g/mol. The first kappa shape index (κ1) is 28.0. The molecule has 4 rings (SSSR count). The summed E-state index contributed by atoms with van der Waals surface area (Å²) in [5.74, 6) is -0.312. The summed E-state index contributed by atoms with van der Waals surface area (Å²) in [7, 11) is 0. The van der Waals surface area contributed by atoms with Gasteiger partial charge in [-0.15, -0.1) is 0 Å². The molecule has 1 fully saturated rings. The van der Waals surface area contributed by atoms with Crippen molar-refractivity contribution in [2.45, 2.75) is 34.3 Å². The second-order valence-electron chi connectivity index (χ2n) is 9.23. The van der Waals surface area contributed by atoms with Crippen LogP contribution in [-0.2, 0) is 16.2 Å². The molecule has 0 atom stereocenters. The van der Waals surface area contributed by atoms with Crippen LogP contribution in [0.25, 0.3) is 6.08 Å². The highest BCUT2D eigenvalue weighted by atomic mass is 32.2. The molecule has 3 aromatic rings. The Morgan fingerprint density at radius 1 is 1.00 bits per heavy atom. The molecule has 0 aliphatic carbocycles. The van der Waals surface area contributed by atoms with Crippen molar-refractivity contribution in [3.63, 3.8) is 0 Å². The first-order valence-electron chi connectivity index (χ1n) is 13.0. The number of thioether (sulfide) groups is 1. The minimum absolute atomic E-state index is 0.250. The summed E-state index contributed by atoms with van der Waals surface area (Å²) < 4.78 is 6.20. The van der Waals surface area contributed by atoms with E-state index in [1.54, 1.807) is 12.1 Å². The quantitative estimate of drug-likeness (QED) is 0.298. The van der Waals surface area contributed by atoms with Crippen molar-refractivity contribution in [1.82, 2.24) is 4.90 Å². The van der Waals surface area contributed by atoms with E-state index in [-0.39, 0.29) is 11.4 Å². The molecule has 1 heterocycles. The summed E-state index contributed by atoms with van der Waals surface area (Å²) in [5, 5.41) is 2.34. The average molecular weight is 544 g/mol. The molecule has 0 spiro atoms. The number of hydrogen-bond donors (Lipinski definition) is 1. The van der Waals surface area contributed by atoms with Gasteiger partial charge in [-0.25, -0.2) is 0 Å². The molecule has 1 saturated heterocycles. The lowest BCUT2D eigenvalue weighted by molar-refractivity contribution is -0.127. The number of carbonyl (C=O) groups excluding carboxylic acids is 3. The first-order chi connectivity index (χ1) is 18.8. The summed E-state index contributed by atoms with van der Waals surface area (Å²) >= 11 is 0.826. The third-order valence-corrected chi connectivity index (χ3v) is 7.61. The van der Waals surface area contributed by atoms with E-state index in [0.717, 1.165) is 52.1 Å². The summed E-state index contributed by atoms with van der Waals surface area (Å²) in [6.45, 7) is 9.75. The molecule has 3 aromatic carbocycles. The van der Waals surface area contributed by atoms with Crippen molar-refractivity contribution in [2.75, 3.05) is 29.9 Å². The third-order valence-electron chi connectivity index (χ3n) is 6.70. The van der Waals surface area contributed by atoms with Crippen LogP contribution < -0.4 is 15.0 Å². The smallest absolute Gasteiger partial charge is 0.294 e. The zero-order valence-corrected chi connectivity index (χ0v) is 23.5. The largest absolute Gasteiger partial charge is 0.488 e. The SMILES string of the molecule is CCN(CC)c1ccc(/C=C2/SC(=O)N(CC(=O)Nc3cccc(C)c3C)C2=O)c(OCc2ccccc2)c1. The predicted octanol–water partition coefficient (Wildman–Crippen LogP) is 6.40. The van der Waals surface area contributed by atoms with Gasteiger partial charge in [0.25, 0.3) is 11.1 Å². The molecule has 0 saturated carbocycles. The lowest BCUT2D eigenvalue weighted by Crippen LogP contribution is -2.36. The molecule has 0 aromatic heterocycles. The van der Waals surface area contributed by atoms with E-state index in [0.29, 0.717) is 23.6 Å². The molecular formula is C31H33N3O4S. The third kappa shape index (κ3) is 6.70. The fraction of sp³-hybridized carbons (Fsp3) is 0.258. The fourth-order valence-electron chi connectivity index (χ4n) is 4.29. The average Bonchev–Trinajstić information content (AvgIpc) is 3.19. The number of rotatable bonds is 10. The Morgan fingerprint density at radius 2 is 1.74 bits per heavy atom. The molecule has 0 radical (unpaired) electrons.